The molecule has 3 aliphatic rings. The maximum Gasteiger partial charge on any atom is 0.276 e. The summed E-state index contributed by atoms with van der Waals surface area (Å²) in [5, 5.41) is 8.86. The standard InChI is InChI=1S/C11H17NO3/c1-9-6-15-11(8(13)12-14)5-7(9)3-4-10(9,11)2/h7,14H,3-6H2,1-2H3,(H,12,13)/t7-,9-,10-,11-/m0/s1. The van der Waals surface area contributed by atoms with E-state index >= 15 is 0 Å². The number of carbonyl (C=O) groups excluding carboxylic acids is 1. The van der Waals surface area contributed by atoms with E-state index in [1.54, 1.807) is 5.48 Å². The van der Waals surface area contributed by atoms with Gasteiger partial charge in [-0.2, -0.15) is 0 Å². The topological polar surface area (TPSA) is 58.6 Å². The van der Waals surface area contributed by atoms with Gasteiger partial charge in [0.25, 0.3) is 5.91 Å². The molecule has 3 rings (SSSR count). The fourth-order valence-corrected chi connectivity index (χ4v) is 4.35. The molecule has 4 bridgehead atoms. The highest BCUT2D eigenvalue weighted by molar-refractivity contribution is 5.87. The molecule has 15 heavy (non-hydrogen) atoms. The Bertz CT molecular complexity index is 345. The van der Waals surface area contributed by atoms with E-state index < -0.39 is 5.60 Å². The zero-order valence-corrected chi connectivity index (χ0v) is 9.17. The molecule has 0 aromatic carbocycles. The Labute approximate surface area is 88.9 Å². The average Bonchev–Trinajstić information content (AvgIpc) is 2.70. The minimum Gasteiger partial charge on any atom is -0.364 e. The van der Waals surface area contributed by atoms with Gasteiger partial charge in [0.15, 0.2) is 5.60 Å². The lowest BCUT2D eigenvalue weighted by atomic mass is 9.66. The summed E-state index contributed by atoms with van der Waals surface area (Å²) in [4.78, 5) is 11.8. The van der Waals surface area contributed by atoms with Crippen molar-refractivity contribution in [3.8, 4) is 0 Å². The summed E-state index contributed by atoms with van der Waals surface area (Å²) < 4.78 is 5.76. The second kappa shape index (κ2) is 2.38. The number of ether oxygens (including phenoxy) is 1. The number of hydrogen-bond donors (Lipinski definition) is 2. The van der Waals surface area contributed by atoms with Crippen LogP contribution in [0.3, 0.4) is 0 Å². The summed E-state index contributed by atoms with van der Waals surface area (Å²) in [5.41, 5.74) is 1.05. The maximum absolute atomic E-state index is 11.8. The van der Waals surface area contributed by atoms with Crippen LogP contribution in [-0.2, 0) is 9.53 Å². The molecule has 1 aliphatic heterocycles. The largest absolute Gasteiger partial charge is 0.364 e. The molecule has 2 saturated carbocycles. The minimum atomic E-state index is -0.764. The molecule has 1 saturated heterocycles. The van der Waals surface area contributed by atoms with E-state index in [0.29, 0.717) is 12.5 Å². The third kappa shape index (κ3) is 0.712. The van der Waals surface area contributed by atoms with Gasteiger partial charge >= 0.3 is 0 Å². The first-order valence-electron chi connectivity index (χ1n) is 5.59. The molecule has 3 fully saturated rings. The van der Waals surface area contributed by atoms with Crippen LogP contribution in [0, 0.1) is 16.7 Å². The van der Waals surface area contributed by atoms with Crippen LogP contribution in [0.1, 0.15) is 33.1 Å². The molecule has 0 aromatic rings. The van der Waals surface area contributed by atoms with Crippen molar-refractivity contribution in [2.75, 3.05) is 6.61 Å². The van der Waals surface area contributed by atoms with E-state index in [2.05, 4.69) is 13.8 Å². The van der Waals surface area contributed by atoms with Crippen molar-refractivity contribution in [1.82, 2.24) is 5.48 Å². The first kappa shape index (κ1) is 9.60. The van der Waals surface area contributed by atoms with Gasteiger partial charge in [-0.1, -0.05) is 13.8 Å². The van der Waals surface area contributed by atoms with Gasteiger partial charge in [-0.3, -0.25) is 10.0 Å². The number of amides is 1. The second-order valence-corrected chi connectivity index (χ2v) is 5.75. The van der Waals surface area contributed by atoms with Crippen LogP contribution in [0.25, 0.3) is 0 Å². The molecule has 2 aliphatic carbocycles. The predicted molar refractivity (Wildman–Crippen MR) is 52.2 cm³/mol. The summed E-state index contributed by atoms with van der Waals surface area (Å²) in [5.74, 6) is 0.226. The van der Waals surface area contributed by atoms with Crippen LogP contribution in [0.4, 0.5) is 0 Å². The molecule has 4 atom stereocenters. The lowest BCUT2D eigenvalue weighted by molar-refractivity contribution is -0.164. The SMILES string of the molecule is C[C@@]12CC[C@H]3C[C@@]1(C(=O)NO)OC[C@@]32C. The van der Waals surface area contributed by atoms with Crippen molar-refractivity contribution in [1.29, 1.82) is 0 Å². The van der Waals surface area contributed by atoms with Crippen molar-refractivity contribution in [3.05, 3.63) is 0 Å². The van der Waals surface area contributed by atoms with Gasteiger partial charge in [0.05, 0.1) is 6.61 Å². The molecule has 4 nitrogen and oxygen atoms in total. The van der Waals surface area contributed by atoms with Gasteiger partial charge in [-0.15, -0.1) is 0 Å². The molecule has 0 radical (unpaired) electrons. The Morgan fingerprint density at radius 3 is 2.80 bits per heavy atom. The quantitative estimate of drug-likeness (QED) is 0.504. The fraction of sp³-hybridized carbons (Fsp3) is 0.909. The Morgan fingerprint density at radius 2 is 2.27 bits per heavy atom. The van der Waals surface area contributed by atoms with E-state index in [4.69, 9.17) is 9.94 Å². The third-order valence-electron chi connectivity index (χ3n) is 5.67. The highest BCUT2D eigenvalue weighted by atomic mass is 16.5. The van der Waals surface area contributed by atoms with Crippen molar-refractivity contribution in [2.24, 2.45) is 16.7 Å². The lowest BCUT2D eigenvalue weighted by Crippen LogP contribution is -2.54. The number of nitrogens with one attached hydrogen (secondary N) is 1. The minimum absolute atomic E-state index is 0.0997. The lowest BCUT2D eigenvalue weighted by Gasteiger charge is -2.39. The van der Waals surface area contributed by atoms with Gasteiger partial charge in [-0.05, 0) is 25.2 Å². The molecule has 0 spiro atoms. The zero-order chi connectivity index (χ0) is 10.9. The first-order valence-corrected chi connectivity index (χ1v) is 5.59. The molecular weight excluding hydrogens is 194 g/mol. The first-order chi connectivity index (χ1) is 7.00. The highest BCUT2D eigenvalue weighted by Crippen LogP contribution is 2.74. The van der Waals surface area contributed by atoms with E-state index in [0.717, 1.165) is 12.8 Å². The molecule has 0 aromatic heterocycles. The van der Waals surface area contributed by atoms with Gasteiger partial charge in [0.2, 0.25) is 0 Å². The highest BCUT2D eigenvalue weighted by Gasteiger charge is 2.78. The van der Waals surface area contributed by atoms with E-state index in [1.807, 2.05) is 0 Å². The summed E-state index contributed by atoms with van der Waals surface area (Å²) in [7, 11) is 0. The van der Waals surface area contributed by atoms with E-state index in [9.17, 15) is 4.79 Å². The third-order valence-corrected chi connectivity index (χ3v) is 5.67. The summed E-state index contributed by atoms with van der Waals surface area (Å²) >= 11 is 0. The van der Waals surface area contributed by atoms with Crippen molar-refractivity contribution in [2.45, 2.75) is 38.7 Å². The smallest absolute Gasteiger partial charge is 0.276 e. The molecule has 1 amide bonds. The Hall–Kier alpha value is -0.610. The zero-order valence-electron chi connectivity index (χ0n) is 9.17. The van der Waals surface area contributed by atoms with Gasteiger partial charge in [0, 0.05) is 10.8 Å². The van der Waals surface area contributed by atoms with Crippen LogP contribution < -0.4 is 5.48 Å². The van der Waals surface area contributed by atoms with Gasteiger partial charge in [-0.25, -0.2) is 5.48 Å². The molecule has 4 heteroatoms. The number of rotatable bonds is 1. The predicted octanol–water partition coefficient (Wildman–Crippen LogP) is 1.09. The van der Waals surface area contributed by atoms with E-state index in [1.165, 1.54) is 6.42 Å². The number of hydroxylamine groups is 1. The van der Waals surface area contributed by atoms with Gasteiger partial charge < -0.3 is 4.74 Å². The van der Waals surface area contributed by atoms with Crippen molar-refractivity contribution >= 4 is 5.91 Å². The number of carbonyl (C=O) groups is 1. The maximum atomic E-state index is 11.8. The number of hydrogen-bond acceptors (Lipinski definition) is 3. The van der Waals surface area contributed by atoms with Crippen molar-refractivity contribution in [3.63, 3.8) is 0 Å². The monoisotopic (exact) mass is 211 g/mol. The van der Waals surface area contributed by atoms with Crippen LogP contribution in [0.5, 0.6) is 0 Å². The Kier molecular flexibility index (Phi) is 1.52. The molecule has 2 N–H and O–H groups in total. The van der Waals surface area contributed by atoms with Crippen LogP contribution in [-0.4, -0.2) is 23.3 Å². The molecular formula is C11H17NO3. The van der Waals surface area contributed by atoms with Crippen LogP contribution in [0.2, 0.25) is 0 Å². The average molecular weight is 211 g/mol. The Morgan fingerprint density at radius 1 is 1.53 bits per heavy atom. The molecule has 1 heterocycles. The Balaban J connectivity index is 2.12. The van der Waals surface area contributed by atoms with Crippen molar-refractivity contribution < 1.29 is 14.7 Å². The summed E-state index contributed by atoms with van der Waals surface area (Å²) in [6.07, 6.45) is 2.99. The normalized spacial score (nSPS) is 56.1. The second-order valence-electron chi connectivity index (χ2n) is 5.75. The van der Waals surface area contributed by atoms with E-state index in [-0.39, 0.29) is 16.7 Å². The summed E-state index contributed by atoms with van der Waals surface area (Å²) in [6, 6.07) is 0. The van der Waals surface area contributed by atoms with Gasteiger partial charge in [0.1, 0.15) is 0 Å². The van der Waals surface area contributed by atoms with Crippen LogP contribution in [0.15, 0.2) is 0 Å². The summed E-state index contributed by atoms with van der Waals surface area (Å²) in [6.45, 7) is 5.02. The fourth-order valence-electron chi connectivity index (χ4n) is 4.35. The molecule has 84 valence electrons. The van der Waals surface area contributed by atoms with Crippen LogP contribution >= 0.6 is 0 Å². The molecule has 0 unspecified atom stereocenters.